The lowest BCUT2D eigenvalue weighted by Crippen LogP contribution is -2.42. The van der Waals surface area contributed by atoms with Crippen molar-refractivity contribution in [3.8, 4) is 11.4 Å². The molecule has 196 valence electrons. The van der Waals surface area contributed by atoms with E-state index >= 15 is 0 Å². The van der Waals surface area contributed by atoms with Gasteiger partial charge in [0.15, 0.2) is 17.5 Å². The summed E-state index contributed by atoms with van der Waals surface area (Å²) in [4.78, 5) is 43.1. The highest BCUT2D eigenvalue weighted by Gasteiger charge is 2.25. The summed E-state index contributed by atoms with van der Waals surface area (Å²) in [5.74, 6) is -1.25. The van der Waals surface area contributed by atoms with Gasteiger partial charge in [-0.2, -0.15) is 0 Å². The molecule has 38 heavy (non-hydrogen) atoms. The summed E-state index contributed by atoms with van der Waals surface area (Å²) in [6.45, 7) is -0.0654. The Balaban J connectivity index is 1.26. The minimum Gasteiger partial charge on any atom is -0.445 e. The lowest BCUT2D eigenvalue weighted by molar-refractivity contribution is 0.0921. The number of aromatic nitrogens is 5. The van der Waals surface area contributed by atoms with Crippen molar-refractivity contribution in [1.82, 2.24) is 30.2 Å². The average Bonchev–Trinajstić information content (AvgIpc) is 3.32. The summed E-state index contributed by atoms with van der Waals surface area (Å²) in [6, 6.07) is 4.14. The molecule has 5 N–H and O–H groups in total. The number of carbonyl (C=O) groups is 2. The van der Waals surface area contributed by atoms with E-state index in [0.717, 1.165) is 31.7 Å². The van der Waals surface area contributed by atoms with E-state index in [9.17, 15) is 18.4 Å². The smallest absolute Gasteiger partial charge is 0.404 e. The third-order valence-electron chi connectivity index (χ3n) is 6.27. The molecule has 1 saturated carbocycles. The van der Waals surface area contributed by atoms with E-state index < -0.39 is 17.7 Å². The molecule has 0 saturated heterocycles. The Morgan fingerprint density at radius 3 is 2.82 bits per heavy atom. The molecule has 2 amide bonds. The van der Waals surface area contributed by atoms with Crippen LogP contribution < -0.4 is 16.4 Å². The maximum absolute atomic E-state index is 14.6. The zero-order valence-electron chi connectivity index (χ0n) is 20.1. The van der Waals surface area contributed by atoms with Gasteiger partial charge in [0.25, 0.3) is 5.91 Å². The predicted molar refractivity (Wildman–Crippen MR) is 133 cm³/mol. The molecule has 4 aromatic heterocycles. The van der Waals surface area contributed by atoms with Gasteiger partial charge < -0.3 is 26.1 Å². The molecule has 11 nitrogen and oxygen atoms in total. The van der Waals surface area contributed by atoms with Crippen molar-refractivity contribution < 1.29 is 23.1 Å². The summed E-state index contributed by atoms with van der Waals surface area (Å²) in [5, 5.41) is 6.59. The van der Waals surface area contributed by atoms with E-state index in [2.05, 4.69) is 35.6 Å². The van der Waals surface area contributed by atoms with Gasteiger partial charge in [-0.15, -0.1) is 0 Å². The Morgan fingerprint density at radius 1 is 1.13 bits per heavy atom. The van der Waals surface area contributed by atoms with Crippen molar-refractivity contribution >= 4 is 28.9 Å². The third-order valence-corrected chi connectivity index (χ3v) is 6.27. The highest BCUT2D eigenvalue weighted by atomic mass is 19.1. The lowest BCUT2D eigenvalue weighted by atomic mass is 9.91. The second kappa shape index (κ2) is 10.7. The molecular weight excluding hydrogens is 498 g/mol. The van der Waals surface area contributed by atoms with Crippen LogP contribution in [0.15, 0.2) is 43.0 Å². The molecule has 13 heteroatoms. The standard InChI is InChI=1S/C25H24F2N8O3/c26-14-7-17-18(10-31-21(17)30-9-14)22-32-11-19(27)23(35-22)33-15-2-1-3-16(8-15)34-24(36)20-6-13(4-5-29-20)12-38-25(28)37/h4-7,9-11,15-16H,1-3,8,12H2,(H2,28,37)(H,30,31)(H,34,36)(H,32,33,35). The first-order valence-electron chi connectivity index (χ1n) is 12.0. The van der Waals surface area contributed by atoms with Crippen molar-refractivity contribution in [2.24, 2.45) is 5.73 Å². The number of amides is 2. The quantitative estimate of drug-likeness (QED) is 0.287. The molecule has 4 heterocycles. The third kappa shape index (κ3) is 5.66. The van der Waals surface area contributed by atoms with Crippen LogP contribution in [-0.2, 0) is 11.3 Å². The number of hydrogen-bond donors (Lipinski definition) is 4. The van der Waals surface area contributed by atoms with Gasteiger partial charge in [-0.1, -0.05) is 0 Å². The number of primary amides is 1. The second-order valence-electron chi connectivity index (χ2n) is 8.98. The van der Waals surface area contributed by atoms with E-state index in [1.54, 1.807) is 12.3 Å². The van der Waals surface area contributed by atoms with E-state index in [0.29, 0.717) is 28.6 Å². The van der Waals surface area contributed by atoms with Crippen molar-refractivity contribution in [3.63, 3.8) is 0 Å². The average molecular weight is 523 g/mol. The van der Waals surface area contributed by atoms with Crippen LogP contribution in [0.25, 0.3) is 22.4 Å². The van der Waals surface area contributed by atoms with Gasteiger partial charge in [0.2, 0.25) is 0 Å². The van der Waals surface area contributed by atoms with E-state index in [1.807, 2.05) is 0 Å². The largest absolute Gasteiger partial charge is 0.445 e. The Bertz CT molecular complexity index is 1490. The Labute approximate surface area is 215 Å². The van der Waals surface area contributed by atoms with Crippen LogP contribution in [0.5, 0.6) is 0 Å². The number of ether oxygens (including phenoxy) is 1. The van der Waals surface area contributed by atoms with E-state index in [1.165, 1.54) is 18.3 Å². The summed E-state index contributed by atoms with van der Waals surface area (Å²) in [6.07, 6.45) is 7.16. The number of carbonyl (C=O) groups excluding carboxylic acids is 2. The van der Waals surface area contributed by atoms with Crippen LogP contribution >= 0.6 is 0 Å². The lowest BCUT2D eigenvalue weighted by Gasteiger charge is -2.30. The van der Waals surface area contributed by atoms with Crippen LogP contribution in [0.3, 0.4) is 0 Å². The maximum atomic E-state index is 14.6. The second-order valence-corrected chi connectivity index (χ2v) is 8.98. The molecule has 4 aromatic rings. The number of nitrogens with one attached hydrogen (secondary N) is 3. The van der Waals surface area contributed by atoms with Gasteiger partial charge in [-0.05, 0) is 49.4 Å². The van der Waals surface area contributed by atoms with Gasteiger partial charge >= 0.3 is 6.09 Å². The summed E-state index contributed by atoms with van der Waals surface area (Å²) >= 11 is 0. The van der Waals surface area contributed by atoms with Crippen LogP contribution in [0, 0.1) is 11.6 Å². The van der Waals surface area contributed by atoms with Gasteiger partial charge in [0, 0.05) is 35.4 Å². The number of pyridine rings is 2. The SMILES string of the molecule is NC(=O)OCc1ccnc(C(=O)NC2CCCC(Nc3nc(-c4c[nH]c5ncc(F)cc45)ncc3F)C2)c1. The molecule has 0 bridgehead atoms. The Kier molecular flexibility index (Phi) is 7.07. The number of nitrogens with zero attached hydrogens (tertiary/aromatic N) is 4. The summed E-state index contributed by atoms with van der Waals surface area (Å²) in [7, 11) is 0. The molecule has 0 aliphatic heterocycles. The first kappa shape index (κ1) is 25.0. The van der Waals surface area contributed by atoms with Crippen LogP contribution in [0.1, 0.15) is 41.7 Å². The Morgan fingerprint density at radius 2 is 1.97 bits per heavy atom. The fourth-order valence-electron chi connectivity index (χ4n) is 4.51. The molecule has 2 atom stereocenters. The van der Waals surface area contributed by atoms with Crippen LogP contribution in [-0.4, -0.2) is 49.0 Å². The van der Waals surface area contributed by atoms with Crippen molar-refractivity contribution in [2.45, 2.75) is 44.4 Å². The Hall–Kier alpha value is -4.68. The highest BCUT2D eigenvalue weighted by molar-refractivity contribution is 5.93. The van der Waals surface area contributed by atoms with Gasteiger partial charge in [-0.25, -0.2) is 28.5 Å². The zero-order valence-corrected chi connectivity index (χ0v) is 20.1. The van der Waals surface area contributed by atoms with Crippen LogP contribution in [0.2, 0.25) is 0 Å². The van der Waals surface area contributed by atoms with Crippen molar-refractivity contribution in [2.75, 3.05) is 5.32 Å². The van der Waals surface area contributed by atoms with Gasteiger partial charge in [0.1, 0.15) is 23.8 Å². The summed E-state index contributed by atoms with van der Waals surface area (Å²) < 4.78 is 33.1. The number of anilines is 1. The number of nitrogens with two attached hydrogens (primary N) is 1. The minimum atomic E-state index is -0.909. The molecule has 1 aliphatic rings. The first-order valence-corrected chi connectivity index (χ1v) is 12.0. The number of aromatic amines is 1. The molecular formula is C25H24F2N8O3. The van der Waals surface area contributed by atoms with Gasteiger partial charge in [-0.3, -0.25) is 9.78 Å². The molecule has 5 rings (SSSR count). The molecule has 1 fully saturated rings. The van der Waals surface area contributed by atoms with E-state index in [4.69, 9.17) is 10.5 Å². The zero-order chi connectivity index (χ0) is 26.6. The van der Waals surface area contributed by atoms with Crippen LogP contribution in [0.4, 0.5) is 19.4 Å². The minimum absolute atomic E-state index is 0.0227. The van der Waals surface area contributed by atoms with Gasteiger partial charge in [0.05, 0.1) is 12.4 Å². The first-order chi connectivity index (χ1) is 18.4. The molecule has 1 aliphatic carbocycles. The predicted octanol–water partition coefficient (Wildman–Crippen LogP) is 3.44. The summed E-state index contributed by atoms with van der Waals surface area (Å²) in [5.41, 5.74) is 6.72. The highest BCUT2D eigenvalue weighted by Crippen LogP contribution is 2.28. The number of fused-ring (bicyclic) bond motifs is 1. The molecule has 0 radical (unpaired) electrons. The number of H-pyrrole nitrogens is 1. The fraction of sp³-hybridized carbons (Fsp3) is 0.280. The van der Waals surface area contributed by atoms with Crippen molar-refractivity contribution in [3.05, 3.63) is 65.9 Å². The van der Waals surface area contributed by atoms with Crippen molar-refractivity contribution in [1.29, 1.82) is 0 Å². The fourth-order valence-corrected chi connectivity index (χ4v) is 4.51. The van der Waals surface area contributed by atoms with E-state index in [-0.39, 0.29) is 41.9 Å². The molecule has 0 aromatic carbocycles. The topological polar surface area (TPSA) is 161 Å². The molecule has 2 unspecified atom stereocenters. The number of hydrogen-bond acceptors (Lipinski definition) is 8. The number of rotatable bonds is 7. The normalized spacial score (nSPS) is 17.2. The molecule has 0 spiro atoms. The maximum Gasteiger partial charge on any atom is 0.404 e. The number of halogens is 2. The monoisotopic (exact) mass is 522 g/mol.